The van der Waals surface area contributed by atoms with Crippen LogP contribution in [0.3, 0.4) is 0 Å². The minimum absolute atomic E-state index is 0.189. The summed E-state index contributed by atoms with van der Waals surface area (Å²) in [4.78, 5) is 28.1. The van der Waals surface area contributed by atoms with Crippen molar-refractivity contribution in [1.29, 1.82) is 0 Å². The molecule has 2 heterocycles. The van der Waals surface area contributed by atoms with Crippen molar-refractivity contribution in [3.05, 3.63) is 16.1 Å². The molecule has 0 saturated carbocycles. The third kappa shape index (κ3) is 2.86. The van der Waals surface area contributed by atoms with Crippen LogP contribution in [0.25, 0.3) is 0 Å². The number of rotatable bonds is 3. The number of hydrogen-bond donors (Lipinski definition) is 0. The first kappa shape index (κ1) is 11.2. The molecule has 1 aliphatic heterocycles. The molecule has 1 aromatic rings. The van der Waals surface area contributed by atoms with Gasteiger partial charge in [-0.25, -0.2) is 4.98 Å². The van der Waals surface area contributed by atoms with Crippen LogP contribution in [0.15, 0.2) is 5.38 Å². The lowest BCUT2D eigenvalue weighted by Crippen LogP contribution is -2.43. The maximum absolute atomic E-state index is 11.0. The highest BCUT2D eigenvalue weighted by Gasteiger charge is 2.24. The number of aromatic nitrogens is 1. The van der Waals surface area contributed by atoms with Crippen LogP contribution < -0.4 is 0 Å². The summed E-state index contributed by atoms with van der Waals surface area (Å²) in [6.07, 6.45) is 0.755. The highest BCUT2D eigenvalue weighted by Crippen LogP contribution is 2.09. The van der Waals surface area contributed by atoms with E-state index >= 15 is 0 Å². The second-order valence-electron chi connectivity index (χ2n) is 3.66. The molecule has 0 bridgehead atoms. The van der Waals surface area contributed by atoms with Gasteiger partial charge in [0, 0.05) is 18.3 Å². The fourth-order valence-corrected chi connectivity index (χ4v) is 2.21. The summed E-state index contributed by atoms with van der Waals surface area (Å²) >= 11 is 1.60. The van der Waals surface area contributed by atoms with E-state index in [1.807, 2.05) is 12.3 Å². The third-order valence-electron chi connectivity index (χ3n) is 2.28. The molecule has 1 aromatic heterocycles. The number of carbonyl (C=O) groups is 2. The Morgan fingerprint density at radius 3 is 2.69 bits per heavy atom. The van der Waals surface area contributed by atoms with Gasteiger partial charge in [-0.05, 0) is 6.92 Å². The van der Waals surface area contributed by atoms with Crippen LogP contribution in [0.5, 0.6) is 0 Å². The van der Waals surface area contributed by atoms with Crippen LogP contribution >= 0.6 is 11.3 Å². The van der Waals surface area contributed by atoms with Crippen molar-refractivity contribution >= 4 is 23.3 Å². The Hall–Kier alpha value is -1.27. The van der Waals surface area contributed by atoms with Gasteiger partial charge < -0.3 is 4.74 Å². The smallest absolute Gasteiger partial charge is 0.327 e. The summed E-state index contributed by atoms with van der Waals surface area (Å²) in [5, 5.41) is 3.03. The topological polar surface area (TPSA) is 59.5 Å². The second kappa shape index (κ2) is 4.71. The number of esters is 2. The van der Waals surface area contributed by atoms with Crippen molar-refractivity contribution in [2.45, 2.75) is 13.3 Å². The van der Waals surface area contributed by atoms with E-state index in [0.29, 0.717) is 6.54 Å². The molecule has 0 aliphatic carbocycles. The Balaban J connectivity index is 1.85. The fraction of sp³-hybridized carbons (Fsp3) is 0.500. The molecule has 0 atom stereocenters. The van der Waals surface area contributed by atoms with Gasteiger partial charge in [0.25, 0.3) is 0 Å². The van der Waals surface area contributed by atoms with Crippen LogP contribution in [0.2, 0.25) is 0 Å². The minimum atomic E-state index is -0.467. The van der Waals surface area contributed by atoms with Gasteiger partial charge in [0.2, 0.25) is 0 Å². The molecular weight excluding hydrogens is 228 g/mol. The number of aryl methyl sites for hydroxylation is 1. The zero-order valence-corrected chi connectivity index (χ0v) is 9.75. The van der Waals surface area contributed by atoms with Crippen LogP contribution in [0.1, 0.15) is 10.7 Å². The number of cyclic esters (lactones) is 2. The number of carbonyl (C=O) groups excluding carboxylic acids is 2. The molecule has 6 heteroatoms. The summed E-state index contributed by atoms with van der Waals surface area (Å²) in [5.41, 5.74) is 1.01. The highest BCUT2D eigenvalue weighted by atomic mass is 32.1. The van der Waals surface area contributed by atoms with Gasteiger partial charge in [0.05, 0.1) is 23.8 Å². The maximum Gasteiger partial charge on any atom is 0.327 e. The van der Waals surface area contributed by atoms with Crippen molar-refractivity contribution in [1.82, 2.24) is 9.88 Å². The average molecular weight is 240 g/mol. The molecule has 0 aromatic carbocycles. The molecule has 16 heavy (non-hydrogen) atoms. The SMILES string of the molecule is Cc1nc(CCN2CC(=O)OC(=O)C2)cs1. The van der Waals surface area contributed by atoms with Gasteiger partial charge in [-0.1, -0.05) is 0 Å². The van der Waals surface area contributed by atoms with Crippen LogP contribution in [-0.4, -0.2) is 41.5 Å². The Bertz CT molecular complexity index is 400. The Kier molecular flexibility index (Phi) is 3.31. The molecule has 0 spiro atoms. The van der Waals surface area contributed by atoms with E-state index in [-0.39, 0.29) is 13.1 Å². The standard InChI is InChI=1S/C10H12N2O3S/c1-7-11-8(6-16-7)2-3-12-4-9(13)15-10(14)5-12/h6H,2-5H2,1H3. The van der Waals surface area contributed by atoms with Crippen LogP contribution in [0.4, 0.5) is 0 Å². The molecule has 86 valence electrons. The van der Waals surface area contributed by atoms with Gasteiger partial charge in [0.15, 0.2) is 0 Å². The van der Waals surface area contributed by atoms with Crippen molar-refractivity contribution in [2.24, 2.45) is 0 Å². The van der Waals surface area contributed by atoms with Gasteiger partial charge >= 0.3 is 11.9 Å². The van der Waals surface area contributed by atoms with E-state index < -0.39 is 11.9 Å². The molecule has 0 amide bonds. The summed E-state index contributed by atoms with van der Waals surface area (Å²) < 4.78 is 4.44. The maximum atomic E-state index is 11.0. The largest absolute Gasteiger partial charge is 0.391 e. The van der Waals surface area contributed by atoms with Gasteiger partial charge in [-0.15, -0.1) is 11.3 Å². The zero-order valence-electron chi connectivity index (χ0n) is 8.93. The predicted molar refractivity (Wildman–Crippen MR) is 58.1 cm³/mol. The zero-order chi connectivity index (χ0) is 11.5. The number of thiazole rings is 1. The Morgan fingerprint density at radius 2 is 2.12 bits per heavy atom. The molecule has 0 unspecified atom stereocenters. The number of ether oxygens (including phenoxy) is 1. The Labute approximate surface area is 97.0 Å². The first-order chi connectivity index (χ1) is 7.63. The van der Waals surface area contributed by atoms with Gasteiger partial charge in [-0.2, -0.15) is 0 Å². The lowest BCUT2D eigenvalue weighted by Gasteiger charge is -2.23. The first-order valence-corrected chi connectivity index (χ1v) is 5.88. The second-order valence-corrected chi connectivity index (χ2v) is 4.73. The first-order valence-electron chi connectivity index (χ1n) is 5.00. The molecule has 1 fully saturated rings. The van der Waals surface area contributed by atoms with Gasteiger partial charge in [-0.3, -0.25) is 14.5 Å². The third-order valence-corrected chi connectivity index (χ3v) is 3.11. The van der Waals surface area contributed by atoms with Crippen molar-refractivity contribution in [2.75, 3.05) is 19.6 Å². The van der Waals surface area contributed by atoms with Crippen LogP contribution in [0, 0.1) is 6.92 Å². The summed E-state index contributed by atoms with van der Waals surface area (Å²) in [6.45, 7) is 2.99. The highest BCUT2D eigenvalue weighted by molar-refractivity contribution is 7.09. The van der Waals surface area contributed by atoms with E-state index in [2.05, 4.69) is 9.72 Å². The number of hydrogen-bond acceptors (Lipinski definition) is 6. The summed E-state index contributed by atoms with van der Waals surface area (Å²) in [5.74, 6) is -0.934. The molecule has 0 N–H and O–H groups in total. The summed E-state index contributed by atoms with van der Waals surface area (Å²) in [6, 6.07) is 0. The van der Waals surface area contributed by atoms with Crippen LogP contribution in [-0.2, 0) is 20.7 Å². The lowest BCUT2D eigenvalue weighted by molar-refractivity contribution is -0.166. The molecule has 5 nitrogen and oxygen atoms in total. The van der Waals surface area contributed by atoms with E-state index in [9.17, 15) is 9.59 Å². The van der Waals surface area contributed by atoms with E-state index in [4.69, 9.17) is 0 Å². The molecule has 1 aliphatic rings. The molecule has 2 rings (SSSR count). The molecule has 0 radical (unpaired) electrons. The monoisotopic (exact) mass is 240 g/mol. The normalized spacial score (nSPS) is 17.6. The average Bonchev–Trinajstić information content (AvgIpc) is 2.60. The number of morpholine rings is 1. The van der Waals surface area contributed by atoms with Crippen molar-refractivity contribution in [3.63, 3.8) is 0 Å². The fourth-order valence-electron chi connectivity index (χ4n) is 1.57. The molecular formula is C10H12N2O3S. The van der Waals surface area contributed by atoms with Crippen molar-refractivity contribution < 1.29 is 14.3 Å². The number of nitrogens with zero attached hydrogens (tertiary/aromatic N) is 2. The quantitative estimate of drug-likeness (QED) is 0.564. The summed E-state index contributed by atoms with van der Waals surface area (Å²) in [7, 11) is 0. The van der Waals surface area contributed by atoms with Crippen molar-refractivity contribution in [3.8, 4) is 0 Å². The Morgan fingerprint density at radius 1 is 1.44 bits per heavy atom. The lowest BCUT2D eigenvalue weighted by atomic mass is 10.3. The minimum Gasteiger partial charge on any atom is -0.391 e. The van der Waals surface area contributed by atoms with Gasteiger partial charge in [0.1, 0.15) is 0 Å². The van der Waals surface area contributed by atoms with E-state index in [0.717, 1.165) is 17.1 Å². The molecule has 1 saturated heterocycles. The van der Waals surface area contributed by atoms with E-state index in [1.165, 1.54) is 0 Å². The van der Waals surface area contributed by atoms with E-state index in [1.54, 1.807) is 16.2 Å². The predicted octanol–water partition coefficient (Wildman–Crippen LogP) is 0.379.